The molecule has 0 saturated carbocycles. The fourth-order valence-electron chi connectivity index (χ4n) is 2.99. The van der Waals surface area contributed by atoms with Crippen molar-refractivity contribution in [3.8, 4) is 0 Å². The lowest BCUT2D eigenvalue weighted by Gasteiger charge is -2.22. The number of benzene rings is 2. The topological polar surface area (TPSA) is 225 Å². The number of hydrogen-bond acceptors (Lipinski definition) is 10. The highest BCUT2D eigenvalue weighted by molar-refractivity contribution is 6.53. The van der Waals surface area contributed by atoms with Gasteiger partial charge in [0.05, 0.1) is 35.1 Å². The first-order valence-corrected chi connectivity index (χ1v) is 12.7. The van der Waals surface area contributed by atoms with Crippen LogP contribution >= 0.6 is 46.4 Å². The van der Waals surface area contributed by atoms with E-state index in [1.165, 1.54) is 48.5 Å². The number of nitro benzene ring substituents is 2. The molecule has 0 aliphatic carbocycles. The summed E-state index contributed by atoms with van der Waals surface area (Å²) in [6, 6.07) is 8.11. The van der Waals surface area contributed by atoms with Crippen molar-refractivity contribution >= 4 is 69.6 Å². The molecule has 0 unspecified atom stereocenters. The first-order valence-electron chi connectivity index (χ1n) is 11.0. The van der Waals surface area contributed by atoms with E-state index in [-0.39, 0.29) is 11.4 Å². The van der Waals surface area contributed by atoms with E-state index in [1.54, 1.807) is 0 Å². The molecule has 0 aliphatic rings. The van der Waals surface area contributed by atoms with Crippen LogP contribution in [0.15, 0.2) is 48.5 Å². The maximum Gasteiger partial charge on any atom is 0.269 e. The van der Waals surface area contributed by atoms with Crippen LogP contribution in [0.4, 0.5) is 11.4 Å². The van der Waals surface area contributed by atoms with Crippen LogP contribution < -0.4 is 10.6 Å². The average Bonchev–Trinajstić information content (AvgIpc) is 2.93. The number of halogens is 4. The summed E-state index contributed by atoms with van der Waals surface area (Å²) in [5.74, 6) is -1.51. The number of nitrogens with one attached hydrogen (secondary N) is 2. The predicted molar refractivity (Wildman–Crippen MR) is 145 cm³/mol. The SMILES string of the molecule is O=C(N[C@H](CO)[C@H](O)c1ccc([N+](=O)[O-])cc1)C(Cl)Cl.O=C(N[C@H](CO)[C@H](O)c1ccc([N+](=O)[O-])cc1)C(Cl)Cl. The molecule has 0 radical (unpaired) electrons. The number of amides is 2. The number of carbonyl (C=O) groups is 2. The minimum Gasteiger partial charge on any atom is -0.394 e. The van der Waals surface area contributed by atoms with E-state index in [9.17, 15) is 40.0 Å². The van der Waals surface area contributed by atoms with Crippen LogP contribution in [0.2, 0.25) is 0 Å². The number of carbonyl (C=O) groups excluding carboxylic acids is 2. The van der Waals surface area contributed by atoms with Crippen molar-refractivity contribution in [1.82, 2.24) is 10.6 Å². The lowest BCUT2D eigenvalue weighted by molar-refractivity contribution is -0.385. The van der Waals surface area contributed by atoms with Gasteiger partial charge in [-0.3, -0.25) is 29.8 Å². The van der Waals surface area contributed by atoms with Crippen molar-refractivity contribution in [3.63, 3.8) is 0 Å². The number of hydrogen-bond donors (Lipinski definition) is 6. The van der Waals surface area contributed by atoms with E-state index in [0.717, 1.165) is 0 Å². The van der Waals surface area contributed by atoms with E-state index in [1.807, 2.05) is 0 Å². The molecule has 14 nitrogen and oxygen atoms in total. The summed E-state index contributed by atoms with van der Waals surface area (Å²) in [5.41, 5.74) is 0.338. The van der Waals surface area contributed by atoms with Gasteiger partial charge in [0.15, 0.2) is 9.67 Å². The Balaban J connectivity index is 0.000000400. The number of aliphatic hydroxyl groups is 4. The molecule has 2 aromatic carbocycles. The fourth-order valence-corrected chi connectivity index (χ4v) is 3.24. The summed E-state index contributed by atoms with van der Waals surface area (Å²) in [6.07, 6.45) is -2.51. The molecule has 18 heteroatoms. The Morgan fingerprint density at radius 2 is 0.950 bits per heavy atom. The second-order valence-corrected chi connectivity index (χ2v) is 9.98. The molecule has 2 amide bonds. The Morgan fingerprint density at radius 3 is 1.15 bits per heavy atom. The van der Waals surface area contributed by atoms with Crippen molar-refractivity contribution in [2.24, 2.45) is 0 Å². The lowest BCUT2D eigenvalue weighted by Crippen LogP contribution is -2.44. The Kier molecular flexibility index (Phi) is 15.0. The predicted octanol–water partition coefficient (Wildman–Crippen LogP) is 1.82. The summed E-state index contributed by atoms with van der Waals surface area (Å²) < 4.78 is 0. The van der Waals surface area contributed by atoms with E-state index >= 15 is 0 Å². The van der Waals surface area contributed by atoms with Crippen LogP contribution in [0.5, 0.6) is 0 Å². The minimum atomic E-state index is -1.33. The summed E-state index contributed by atoms with van der Waals surface area (Å²) in [7, 11) is 0. The van der Waals surface area contributed by atoms with E-state index < -0.39 is 68.8 Å². The molecule has 0 fully saturated rings. The zero-order valence-corrected chi connectivity index (χ0v) is 23.2. The Bertz CT molecular complexity index is 1050. The highest BCUT2D eigenvalue weighted by Gasteiger charge is 2.26. The van der Waals surface area contributed by atoms with E-state index in [4.69, 9.17) is 56.6 Å². The van der Waals surface area contributed by atoms with Crippen molar-refractivity contribution in [1.29, 1.82) is 0 Å². The second kappa shape index (κ2) is 17.1. The first kappa shape index (κ1) is 35.2. The summed E-state index contributed by atoms with van der Waals surface area (Å²) in [6.45, 7) is -1.10. The largest absolute Gasteiger partial charge is 0.394 e. The standard InChI is InChI=1S/2C11H12Cl2N2O5/c2*12-10(13)11(18)14-8(5-16)9(17)6-1-3-7(4-2-6)15(19)20/h2*1-4,8-10,16-17H,5H2,(H,14,18)/t2*8-,9-/m11/s1. The van der Waals surface area contributed by atoms with Crippen LogP contribution in [0, 0.1) is 20.2 Å². The molecule has 0 aromatic heterocycles. The molecule has 0 heterocycles. The highest BCUT2D eigenvalue weighted by atomic mass is 35.5. The third kappa shape index (κ3) is 11.0. The third-order valence-corrected chi connectivity index (χ3v) is 5.89. The van der Waals surface area contributed by atoms with Gasteiger partial charge >= 0.3 is 0 Å². The van der Waals surface area contributed by atoms with Gasteiger partial charge in [-0.1, -0.05) is 46.4 Å². The Hall–Kier alpha value is -2.82. The normalized spacial score (nSPS) is 13.8. The van der Waals surface area contributed by atoms with Crippen molar-refractivity contribution in [2.75, 3.05) is 13.2 Å². The molecule has 0 spiro atoms. The Morgan fingerprint density at radius 1 is 0.675 bits per heavy atom. The van der Waals surface area contributed by atoms with Gasteiger partial charge in [0.2, 0.25) is 0 Å². The number of non-ortho nitro benzene ring substituents is 2. The summed E-state index contributed by atoms with van der Waals surface area (Å²) in [5, 5.41) is 63.9. The van der Waals surface area contributed by atoms with Gasteiger partial charge in [-0.2, -0.15) is 0 Å². The molecule has 220 valence electrons. The van der Waals surface area contributed by atoms with Crippen molar-refractivity contribution in [2.45, 2.75) is 34.0 Å². The maximum absolute atomic E-state index is 11.3. The van der Waals surface area contributed by atoms with E-state index in [0.29, 0.717) is 11.1 Å². The second-order valence-electron chi connectivity index (χ2n) is 7.78. The van der Waals surface area contributed by atoms with Crippen LogP contribution in [0.3, 0.4) is 0 Å². The molecule has 2 aromatic rings. The van der Waals surface area contributed by atoms with Crippen molar-refractivity contribution < 1.29 is 39.9 Å². The minimum absolute atomic E-state index is 0.132. The zero-order chi connectivity index (χ0) is 30.6. The number of nitro groups is 2. The lowest BCUT2D eigenvalue weighted by atomic mass is 10.0. The molecular formula is C22H24Cl4N4O10. The molecular weight excluding hydrogens is 622 g/mol. The highest BCUT2D eigenvalue weighted by Crippen LogP contribution is 2.22. The molecule has 0 aliphatic heterocycles. The van der Waals surface area contributed by atoms with E-state index in [2.05, 4.69) is 10.6 Å². The number of aliphatic hydroxyl groups excluding tert-OH is 4. The third-order valence-electron chi connectivity index (χ3n) is 5.10. The summed E-state index contributed by atoms with van der Waals surface area (Å²) >= 11 is 21.4. The van der Waals surface area contributed by atoms with Gasteiger partial charge in [-0.25, -0.2) is 0 Å². The molecule has 6 N–H and O–H groups in total. The van der Waals surface area contributed by atoms with Gasteiger partial charge in [0, 0.05) is 24.3 Å². The van der Waals surface area contributed by atoms with Gasteiger partial charge in [0.25, 0.3) is 23.2 Å². The maximum atomic E-state index is 11.3. The fraction of sp³-hybridized carbons (Fsp3) is 0.364. The summed E-state index contributed by atoms with van der Waals surface area (Å²) in [4.78, 5) is 39.8. The molecule has 2 rings (SSSR count). The van der Waals surface area contributed by atoms with Crippen LogP contribution in [-0.2, 0) is 9.59 Å². The number of nitrogens with zero attached hydrogens (tertiary/aromatic N) is 2. The van der Waals surface area contributed by atoms with Crippen LogP contribution in [0.1, 0.15) is 23.3 Å². The van der Waals surface area contributed by atoms with Crippen LogP contribution in [-0.4, -0.2) is 77.1 Å². The Labute approximate surface area is 246 Å². The van der Waals surface area contributed by atoms with Gasteiger partial charge in [-0.05, 0) is 35.4 Å². The molecule has 40 heavy (non-hydrogen) atoms. The van der Waals surface area contributed by atoms with Gasteiger partial charge in [0.1, 0.15) is 12.2 Å². The van der Waals surface area contributed by atoms with Crippen molar-refractivity contribution in [3.05, 3.63) is 79.9 Å². The quantitative estimate of drug-likeness (QED) is 0.111. The van der Waals surface area contributed by atoms with Gasteiger partial charge in [-0.15, -0.1) is 0 Å². The number of rotatable bonds is 12. The molecule has 0 bridgehead atoms. The average molecular weight is 646 g/mol. The monoisotopic (exact) mass is 644 g/mol. The van der Waals surface area contributed by atoms with Crippen LogP contribution in [0.25, 0.3) is 0 Å². The molecule has 0 saturated heterocycles. The number of alkyl halides is 4. The van der Waals surface area contributed by atoms with Gasteiger partial charge < -0.3 is 31.1 Å². The molecule has 4 atom stereocenters. The zero-order valence-electron chi connectivity index (χ0n) is 20.1. The smallest absolute Gasteiger partial charge is 0.269 e. The first-order chi connectivity index (χ1) is 18.7.